The first-order valence-electron chi connectivity index (χ1n) is 8.55. The second-order valence-corrected chi connectivity index (χ2v) is 6.36. The monoisotopic (exact) mass is 374 g/mol. The van der Waals surface area contributed by atoms with Crippen molar-refractivity contribution in [1.29, 1.82) is 0 Å². The second-order valence-electron chi connectivity index (χ2n) is 6.36. The summed E-state index contributed by atoms with van der Waals surface area (Å²) >= 11 is 0. The zero-order chi connectivity index (χ0) is 19.7. The average molecular weight is 374 g/mol. The summed E-state index contributed by atoms with van der Waals surface area (Å²) in [6, 6.07) is 18.0. The lowest BCUT2D eigenvalue weighted by atomic mass is 10.0. The predicted molar refractivity (Wildman–Crippen MR) is 106 cm³/mol. The molecule has 0 radical (unpaired) electrons. The van der Waals surface area contributed by atoms with Crippen molar-refractivity contribution >= 4 is 22.9 Å². The van der Waals surface area contributed by atoms with Crippen molar-refractivity contribution < 1.29 is 9.31 Å². The van der Waals surface area contributed by atoms with Gasteiger partial charge in [0.1, 0.15) is 11.5 Å². The summed E-state index contributed by atoms with van der Waals surface area (Å²) in [5, 5.41) is 15.3. The minimum absolute atomic E-state index is 0.0259. The number of aliphatic imine (C=N–C) groups is 1. The van der Waals surface area contributed by atoms with E-state index < -0.39 is 10.7 Å². The van der Waals surface area contributed by atoms with Gasteiger partial charge >= 0.3 is 0 Å². The summed E-state index contributed by atoms with van der Waals surface area (Å²) in [6.07, 6.45) is 0. The largest absolute Gasteiger partial charge is 0.269 e. The van der Waals surface area contributed by atoms with E-state index in [9.17, 15) is 14.5 Å². The van der Waals surface area contributed by atoms with Crippen molar-refractivity contribution in [1.82, 2.24) is 5.43 Å². The van der Waals surface area contributed by atoms with Crippen LogP contribution in [0.25, 0.3) is 0 Å². The van der Waals surface area contributed by atoms with Crippen molar-refractivity contribution in [2.75, 3.05) is 0 Å². The molecular formula is C21H15FN4O2. The molecule has 0 bridgehead atoms. The number of aryl methyl sites for hydroxylation is 1. The molecule has 0 fully saturated rings. The molecule has 0 spiro atoms. The van der Waals surface area contributed by atoms with Crippen LogP contribution in [0.15, 0.2) is 76.8 Å². The molecule has 3 aromatic carbocycles. The van der Waals surface area contributed by atoms with Gasteiger partial charge in [0.15, 0.2) is 5.84 Å². The number of nitrogens with one attached hydrogen (secondary N) is 1. The van der Waals surface area contributed by atoms with Gasteiger partial charge in [-0.25, -0.2) is 9.38 Å². The van der Waals surface area contributed by atoms with E-state index in [0.29, 0.717) is 28.4 Å². The van der Waals surface area contributed by atoms with Gasteiger partial charge in [-0.2, -0.15) is 5.10 Å². The number of non-ortho nitro benzene ring substituents is 1. The maximum atomic E-state index is 13.9. The number of halogens is 1. The minimum atomic E-state index is -0.469. The quantitative estimate of drug-likeness (QED) is 0.542. The number of nitro benzene ring substituents is 1. The number of rotatable bonds is 3. The molecule has 0 atom stereocenters. The van der Waals surface area contributed by atoms with Gasteiger partial charge in [-0.05, 0) is 37.3 Å². The molecule has 138 valence electrons. The Morgan fingerprint density at radius 2 is 1.64 bits per heavy atom. The summed E-state index contributed by atoms with van der Waals surface area (Å²) in [5.74, 6) is 0.118. The summed E-state index contributed by atoms with van der Waals surface area (Å²) in [4.78, 5) is 15.1. The number of hydrogen-bond donors (Lipinski definition) is 1. The van der Waals surface area contributed by atoms with Crippen LogP contribution in [0.4, 0.5) is 15.8 Å². The third kappa shape index (κ3) is 3.37. The van der Waals surface area contributed by atoms with Crippen LogP contribution in [0.3, 0.4) is 0 Å². The van der Waals surface area contributed by atoms with E-state index in [1.54, 1.807) is 18.2 Å². The standard InChI is InChI=1S/C21H15FN4O2/c1-13-2-4-15(5-3-13)21-23-19-11-8-16(22)12-18(19)20(24-25-21)14-6-9-17(10-7-14)26(27)28/h2-12H,1H3,(H,23,25). The van der Waals surface area contributed by atoms with Crippen LogP contribution in [0, 0.1) is 22.9 Å². The van der Waals surface area contributed by atoms with Crippen molar-refractivity contribution in [2.24, 2.45) is 10.1 Å². The first kappa shape index (κ1) is 17.5. The summed E-state index contributed by atoms with van der Waals surface area (Å²) in [5.41, 5.74) is 7.02. The molecule has 1 N–H and O–H groups in total. The topological polar surface area (TPSA) is 79.9 Å². The van der Waals surface area contributed by atoms with E-state index in [1.165, 1.54) is 24.3 Å². The third-order valence-corrected chi connectivity index (χ3v) is 4.40. The van der Waals surface area contributed by atoms with Crippen molar-refractivity contribution in [3.8, 4) is 0 Å². The SMILES string of the molecule is Cc1ccc(C2=Nc3ccc(F)cc3C(c3ccc([N+](=O)[O-])cc3)=NN2)cc1. The van der Waals surface area contributed by atoms with Crippen LogP contribution in [0.1, 0.15) is 22.3 Å². The Labute approximate surface area is 160 Å². The predicted octanol–water partition coefficient (Wildman–Crippen LogP) is 4.48. The molecular weight excluding hydrogens is 359 g/mol. The fourth-order valence-electron chi connectivity index (χ4n) is 2.91. The Morgan fingerprint density at radius 1 is 0.964 bits per heavy atom. The van der Waals surface area contributed by atoms with E-state index >= 15 is 0 Å². The lowest BCUT2D eigenvalue weighted by molar-refractivity contribution is -0.384. The van der Waals surface area contributed by atoms with Gasteiger partial charge in [-0.15, -0.1) is 0 Å². The van der Waals surface area contributed by atoms with Crippen molar-refractivity contribution in [3.63, 3.8) is 0 Å². The van der Waals surface area contributed by atoms with Gasteiger partial charge in [0.05, 0.1) is 10.6 Å². The molecule has 6 nitrogen and oxygen atoms in total. The highest BCUT2D eigenvalue weighted by atomic mass is 19.1. The van der Waals surface area contributed by atoms with Crippen LogP contribution in [0.5, 0.6) is 0 Å². The van der Waals surface area contributed by atoms with Crippen molar-refractivity contribution in [3.05, 3.63) is 105 Å². The number of amidine groups is 1. The Hall–Kier alpha value is -3.87. The van der Waals surface area contributed by atoms with Gasteiger partial charge in [0.25, 0.3) is 5.69 Å². The van der Waals surface area contributed by atoms with E-state index in [1.807, 2.05) is 31.2 Å². The lowest BCUT2D eigenvalue weighted by Gasteiger charge is -2.07. The van der Waals surface area contributed by atoms with Crippen LogP contribution in [0.2, 0.25) is 0 Å². The highest BCUT2D eigenvalue weighted by molar-refractivity contribution is 6.18. The molecule has 0 amide bonds. The fraction of sp³-hybridized carbons (Fsp3) is 0.0476. The van der Waals surface area contributed by atoms with Gasteiger partial charge in [-0.3, -0.25) is 15.5 Å². The van der Waals surface area contributed by atoms with Crippen LogP contribution >= 0.6 is 0 Å². The third-order valence-electron chi connectivity index (χ3n) is 4.40. The zero-order valence-corrected chi connectivity index (χ0v) is 14.9. The normalized spacial score (nSPS) is 12.9. The number of nitro groups is 1. The molecule has 1 aliphatic heterocycles. The van der Waals surface area contributed by atoms with Gasteiger partial charge < -0.3 is 0 Å². The summed E-state index contributed by atoms with van der Waals surface area (Å²) < 4.78 is 13.9. The fourth-order valence-corrected chi connectivity index (χ4v) is 2.91. The van der Waals surface area contributed by atoms with Crippen LogP contribution in [-0.2, 0) is 0 Å². The molecule has 0 aliphatic carbocycles. The smallest absolute Gasteiger partial charge is 0.260 e. The number of nitrogens with zero attached hydrogens (tertiary/aromatic N) is 3. The van der Waals surface area contributed by atoms with Crippen LogP contribution in [-0.4, -0.2) is 16.5 Å². The van der Waals surface area contributed by atoms with E-state index in [0.717, 1.165) is 11.1 Å². The molecule has 0 saturated heterocycles. The summed E-state index contributed by atoms with van der Waals surface area (Å²) in [7, 11) is 0. The number of fused-ring (bicyclic) bond motifs is 1. The van der Waals surface area contributed by atoms with Crippen LogP contribution < -0.4 is 5.43 Å². The first-order chi connectivity index (χ1) is 13.5. The minimum Gasteiger partial charge on any atom is -0.260 e. The highest BCUT2D eigenvalue weighted by Crippen LogP contribution is 2.27. The Kier molecular flexibility index (Phi) is 4.41. The molecule has 1 aliphatic rings. The van der Waals surface area contributed by atoms with E-state index in [2.05, 4.69) is 15.5 Å². The Balaban J connectivity index is 1.82. The van der Waals surface area contributed by atoms with Gasteiger partial charge in [-0.1, -0.05) is 29.8 Å². The maximum Gasteiger partial charge on any atom is 0.269 e. The lowest BCUT2D eigenvalue weighted by Crippen LogP contribution is -2.19. The van der Waals surface area contributed by atoms with Gasteiger partial charge in [0.2, 0.25) is 0 Å². The number of hydrazone groups is 1. The Morgan fingerprint density at radius 3 is 2.32 bits per heavy atom. The average Bonchev–Trinajstić information content (AvgIpc) is 2.88. The number of benzene rings is 3. The highest BCUT2D eigenvalue weighted by Gasteiger charge is 2.19. The Bertz CT molecular complexity index is 1120. The molecule has 0 saturated carbocycles. The number of hydrogen-bond acceptors (Lipinski definition) is 5. The first-order valence-corrected chi connectivity index (χ1v) is 8.55. The van der Waals surface area contributed by atoms with Crippen molar-refractivity contribution in [2.45, 2.75) is 6.92 Å². The molecule has 0 unspecified atom stereocenters. The van der Waals surface area contributed by atoms with E-state index in [4.69, 9.17) is 0 Å². The molecule has 28 heavy (non-hydrogen) atoms. The second kappa shape index (κ2) is 7.03. The maximum absolute atomic E-state index is 13.9. The molecule has 0 aromatic heterocycles. The molecule has 3 aromatic rings. The molecule has 4 rings (SSSR count). The molecule has 7 heteroatoms. The van der Waals surface area contributed by atoms with Gasteiger partial charge in [0, 0.05) is 28.8 Å². The zero-order valence-electron chi connectivity index (χ0n) is 14.9. The molecule has 1 heterocycles. The summed E-state index contributed by atoms with van der Waals surface area (Å²) in [6.45, 7) is 2.00. The van der Waals surface area contributed by atoms with E-state index in [-0.39, 0.29) is 5.69 Å².